The van der Waals surface area contributed by atoms with Crippen molar-refractivity contribution < 1.29 is 14.3 Å². The minimum atomic E-state index is -0.496. The van der Waals surface area contributed by atoms with Crippen LogP contribution in [0.25, 0.3) is 0 Å². The molecule has 2 saturated heterocycles. The predicted octanol–water partition coefficient (Wildman–Crippen LogP) is 2.64. The van der Waals surface area contributed by atoms with Crippen LogP contribution in [-0.2, 0) is 9.47 Å². The third-order valence-electron chi connectivity index (χ3n) is 5.15. The number of ether oxygens (including phenoxy) is 2. The average Bonchev–Trinajstić information content (AvgIpc) is 2.67. The summed E-state index contributed by atoms with van der Waals surface area (Å²) in [6, 6.07) is 0. The van der Waals surface area contributed by atoms with Gasteiger partial charge < -0.3 is 24.7 Å². The van der Waals surface area contributed by atoms with Crippen molar-refractivity contribution in [2.24, 2.45) is 5.92 Å². The van der Waals surface area contributed by atoms with Crippen LogP contribution in [0.5, 0.6) is 0 Å². The fraction of sp³-hybridized carbons (Fsp3) is 0.700. The van der Waals surface area contributed by atoms with Gasteiger partial charge in [0.05, 0.1) is 11.3 Å². The molecule has 1 N–H and O–H groups in total. The van der Waals surface area contributed by atoms with E-state index in [9.17, 15) is 4.79 Å². The number of carbonyl (C=O) groups excluding carboxylic acids is 1. The van der Waals surface area contributed by atoms with Crippen molar-refractivity contribution in [3.8, 4) is 0 Å². The first-order valence-electron chi connectivity index (χ1n) is 9.97. The van der Waals surface area contributed by atoms with Crippen molar-refractivity contribution in [2.75, 3.05) is 44.3 Å². The van der Waals surface area contributed by atoms with Gasteiger partial charge in [0, 0.05) is 51.0 Å². The molecule has 8 heteroatoms. The summed E-state index contributed by atoms with van der Waals surface area (Å²) >= 11 is 0. The molecular weight excluding hydrogens is 358 g/mol. The maximum atomic E-state index is 12.3. The van der Waals surface area contributed by atoms with E-state index in [-0.39, 0.29) is 12.0 Å². The zero-order chi connectivity index (χ0) is 20.3. The number of anilines is 1. The summed E-state index contributed by atoms with van der Waals surface area (Å²) in [5.41, 5.74) is 1.77. The standard InChI is InChI=1S/C20H31N5O3/c1-14-16(17(21)15-5-11-27-12-6-15)18(23-13-22-14)24-7-9-25(10-8-24)19(26)28-20(2,3)4/h13,15,21H,5-12H2,1-4H3. The molecule has 2 fully saturated rings. The van der Waals surface area contributed by atoms with E-state index < -0.39 is 5.60 Å². The molecular formula is C20H31N5O3. The number of amides is 1. The smallest absolute Gasteiger partial charge is 0.410 e. The van der Waals surface area contributed by atoms with E-state index in [1.165, 1.54) is 0 Å². The van der Waals surface area contributed by atoms with E-state index in [0.29, 0.717) is 45.1 Å². The topological polar surface area (TPSA) is 91.6 Å². The molecule has 0 saturated carbocycles. The summed E-state index contributed by atoms with van der Waals surface area (Å²) in [5, 5.41) is 8.78. The van der Waals surface area contributed by atoms with Gasteiger partial charge in [-0.05, 0) is 40.5 Å². The Balaban J connectivity index is 1.72. The lowest BCUT2D eigenvalue weighted by atomic mass is 9.89. The van der Waals surface area contributed by atoms with Gasteiger partial charge in [0.15, 0.2) is 0 Å². The second kappa shape index (κ2) is 8.43. The Morgan fingerprint density at radius 1 is 1.18 bits per heavy atom. The lowest BCUT2D eigenvalue weighted by Crippen LogP contribution is -2.50. The number of hydrogen-bond donors (Lipinski definition) is 1. The molecule has 0 atom stereocenters. The molecule has 1 amide bonds. The van der Waals surface area contributed by atoms with Crippen molar-refractivity contribution in [2.45, 2.75) is 46.1 Å². The molecule has 2 aliphatic heterocycles. The third kappa shape index (κ3) is 4.79. The minimum absolute atomic E-state index is 0.181. The van der Waals surface area contributed by atoms with Gasteiger partial charge in [0.2, 0.25) is 0 Å². The van der Waals surface area contributed by atoms with Crippen LogP contribution in [-0.4, -0.2) is 71.7 Å². The summed E-state index contributed by atoms with van der Waals surface area (Å²) < 4.78 is 10.9. The molecule has 0 aliphatic carbocycles. The molecule has 0 bridgehead atoms. The SMILES string of the molecule is Cc1ncnc(N2CCN(C(=O)OC(C)(C)C)CC2)c1C(=N)C1CCOCC1. The lowest BCUT2D eigenvalue weighted by molar-refractivity contribution is 0.0240. The number of hydrogen-bond acceptors (Lipinski definition) is 7. The maximum Gasteiger partial charge on any atom is 0.410 e. The molecule has 0 unspecified atom stereocenters. The van der Waals surface area contributed by atoms with Crippen LogP contribution < -0.4 is 4.90 Å². The highest BCUT2D eigenvalue weighted by Gasteiger charge is 2.30. The Labute approximate surface area is 166 Å². The van der Waals surface area contributed by atoms with E-state index >= 15 is 0 Å². The highest BCUT2D eigenvalue weighted by atomic mass is 16.6. The van der Waals surface area contributed by atoms with Crippen LogP contribution in [0.3, 0.4) is 0 Å². The van der Waals surface area contributed by atoms with Crippen molar-refractivity contribution >= 4 is 17.6 Å². The first kappa shape index (κ1) is 20.5. The van der Waals surface area contributed by atoms with Crippen LogP contribution in [0.4, 0.5) is 10.6 Å². The Bertz CT molecular complexity index is 717. The summed E-state index contributed by atoms with van der Waals surface area (Å²) in [6.07, 6.45) is 3.00. The summed E-state index contributed by atoms with van der Waals surface area (Å²) in [4.78, 5) is 25.0. The Kier molecular flexibility index (Phi) is 6.17. The number of nitrogens with zero attached hydrogens (tertiary/aromatic N) is 4. The highest BCUT2D eigenvalue weighted by molar-refractivity contribution is 6.04. The van der Waals surface area contributed by atoms with E-state index in [2.05, 4.69) is 14.9 Å². The van der Waals surface area contributed by atoms with Gasteiger partial charge in [-0.2, -0.15) is 0 Å². The quantitative estimate of drug-likeness (QED) is 0.799. The second-order valence-corrected chi connectivity index (χ2v) is 8.41. The Morgan fingerprint density at radius 2 is 1.82 bits per heavy atom. The fourth-order valence-corrected chi connectivity index (χ4v) is 3.63. The summed E-state index contributed by atoms with van der Waals surface area (Å²) in [6.45, 7) is 11.4. The van der Waals surface area contributed by atoms with Gasteiger partial charge in [-0.3, -0.25) is 0 Å². The zero-order valence-electron chi connectivity index (χ0n) is 17.3. The van der Waals surface area contributed by atoms with E-state index in [4.69, 9.17) is 14.9 Å². The van der Waals surface area contributed by atoms with Crippen LogP contribution in [0.15, 0.2) is 6.33 Å². The van der Waals surface area contributed by atoms with Crippen LogP contribution in [0.2, 0.25) is 0 Å². The van der Waals surface area contributed by atoms with E-state index in [1.54, 1.807) is 11.2 Å². The first-order valence-corrected chi connectivity index (χ1v) is 9.97. The minimum Gasteiger partial charge on any atom is -0.444 e. The molecule has 154 valence electrons. The molecule has 2 aliphatic rings. The number of piperazine rings is 1. The number of rotatable bonds is 3. The van der Waals surface area contributed by atoms with Gasteiger partial charge >= 0.3 is 6.09 Å². The molecule has 3 rings (SSSR count). The van der Waals surface area contributed by atoms with Gasteiger partial charge in [0.25, 0.3) is 0 Å². The molecule has 1 aromatic rings. The van der Waals surface area contributed by atoms with E-state index in [0.717, 1.165) is 29.9 Å². The number of carbonyl (C=O) groups is 1. The Hall–Kier alpha value is -2.22. The van der Waals surface area contributed by atoms with E-state index in [1.807, 2.05) is 27.7 Å². The summed E-state index contributed by atoms with van der Waals surface area (Å²) in [5.74, 6) is 0.980. The molecule has 0 radical (unpaired) electrons. The van der Waals surface area contributed by atoms with Crippen molar-refractivity contribution in [3.63, 3.8) is 0 Å². The summed E-state index contributed by atoms with van der Waals surface area (Å²) in [7, 11) is 0. The first-order chi connectivity index (χ1) is 13.3. The zero-order valence-corrected chi connectivity index (χ0v) is 17.3. The fourth-order valence-electron chi connectivity index (χ4n) is 3.63. The maximum absolute atomic E-state index is 12.3. The normalized spacial score (nSPS) is 18.9. The molecule has 0 aromatic carbocycles. The third-order valence-corrected chi connectivity index (χ3v) is 5.15. The molecule has 0 spiro atoms. The van der Waals surface area contributed by atoms with Gasteiger partial charge in [-0.1, -0.05) is 0 Å². The largest absolute Gasteiger partial charge is 0.444 e. The number of aromatic nitrogens is 2. The number of aryl methyl sites for hydroxylation is 1. The van der Waals surface area contributed by atoms with Crippen molar-refractivity contribution in [1.82, 2.24) is 14.9 Å². The van der Waals surface area contributed by atoms with Crippen molar-refractivity contribution in [1.29, 1.82) is 5.41 Å². The van der Waals surface area contributed by atoms with Crippen LogP contribution >= 0.6 is 0 Å². The van der Waals surface area contributed by atoms with Crippen LogP contribution in [0.1, 0.15) is 44.9 Å². The highest BCUT2D eigenvalue weighted by Crippen LogP contribution is 2.28. The number of nitrogens with one attached hydrogen (secondary N) is 1. The Morgan fingerprint density at radius 3 is 2.43 bits per heavy atom. The average molecular weight is 390 g/mol. The molecule has 3 heterocycles. The van der Waals surface area contributed by atoms with Gasteiger partial charge in [-0.15, -0.1) is 0 Å². The lowest BCUT2D eigenvalue weighted by Gasteiger charge is -2.37. The monoisotopic (exact) mass is 389 g/mol. The predicted molar refractivity (Wildman–Crippen MR) is 107 cm³/mol. The second-order valence-electron chi connectivity index (χ2n) is 8.41. The van der Waals surface area contributed by atoms with Gasteiger partial charge in [0.1, 0.15) is 17.7 Å². The van der Waals surface area contributed by atoms with Crippen molar-refractivity contribution in [3.05, 3.63) is 17.6 Å². The van der Waals surface area contributed by atoms with Crippen LogP contribution in [0, 0.1) is 18.3 Å². The molecule has 1 aromatic heterocycles. The molecule has 28 heavy (non-hydrogen) atoms. The van der Waals surface area contributed by atoms with Gasteiger partial charge in [-0.25, -0.2) is 14.8 Å². The molecule has 8 nitrogen and oxygen atoms in total.